The van der Waals surface area contributed by atoms with Gasteiger partial charge >= 0.3 is 5.97 Å². The van der Waals surface area contributed by atoms with Crippen LogP contribution >= 0.6 is 27.5 Å². The summed E-state index contributed by atoms with van der Waals surface area (Å²) in [5.74, 6) is -1.07. The molecule has 0 saturated carbocycles. The molecule has 5 nitrogen and oxygen atoms in total. The van der Waals surface area contributed by atoms with E-state index in [0.717, 1.165) is 0 Å². The molecule has 1 heterocycles. The van der Waals surface area contributed by atoms with Crippen LogP contribution in [0.15, 0.2) is 47.2 Å². The predicted octanol–water partition coefficient (Wildman–Crippen LogP) is 3.68. The fourth-order valence-corrected chi connectivity index (χ4v) is 2.17. The Morgan fingerprint density at radius 2 is 2.09 bits per heavy atom. The summed E-state index contributed by atoms with van der Waals surface area (Å²) in [6.45, 7) is 1.49. The Morgan fingerprint density at radius 1 is 1.32 bits per heavy atom. The normalized spacial score (nSPS) is 11.6. The summed E-state index contributed by atoms with van der Waals surface area (Å²) < 4.78 is 5.76. The first-order valence-electron chi connectivity index (χ1n) is 6.33. The van der Waals surface area contributed by atoms with Gasteiger partial charge in [0, 0.05) is 27.6 Å². The summed E-state index contributed by atoms with van der Waals surface area (Å²) in [5.41, 5.74) is 0.793. The lowest BCUT2D eigenvalue weighted by molar-refractivity contribution is -0.123. The molecular weight excluding hydrogens is 372 g/mol. The number of anilines is 1. The number of carbonyl (C=O) groups is 2. The van der Waals surface area contributed by atoms with Gasteiger partial charge < -0.3 is 10.1 Å². The molecule has 22 heavy (non-hydrogen) atoms. The molecule has 0 spiro atoms. The van der Waals surface area contributed by atoms with Gasteiger partial charge in [0.05, 0.1) is 5.56 Å². The number of esters is 1. The van der Waals surface area contributed by atoms with Crippen LogP contribution in [-0.2, 0) is 9.53 Å². The minimum absolute atomic E-state index is 0.261. The first kappa shape index (κ1) is 16.5. The Morgan fingerprint density at radius 3 is 2.77 bits per heavy atom. The van der Waals surface area contributed by atoms with Crippen molar-refractivity contribution in [2.24, 2.45) is 0 Å². The zero-order valence-corrected chi connectivity index (χ0v) is 13.9. The maximum Gasteiger partial charge on any atom is 0.340 e. The van der Waals surface area contributed by atoms with Crippen molar-refractivity contribution in [3.05, 3.63) is 57.8 Å². The SMILES string of the molecule is CC(OC(=O)c1cncc(Br)c1)C(=O)Nc1cccc(Cl)c1. The highest BCUT2D eigenvalue weighted by molar-refractivity contribution is 9.10. The van der Waals surface area contributed by atoms with E-state index in [9.17, 15) is 9.59 Å². The van der Waals surface area contributed by atoms with E-state index in [1.807, 2.05) is 0 Å². The molecule has 114 valence electrons. The molecule has 7 heteroatoms. The van der Waals surface area contributed by atoms with E-state index >= 15 is 0 Å². The van der Waals surface area contributed by atoms with E-state index in [0.29, 0.717) is 15.2 Å². The highest BCUT2D eigenvalue weighted by Crippen LogP contribution is 2.16. The number of pyridine rings is 1. The van der Waals surface area contributed by atoms with Crippen LogP contribution in [0.4, 0.5) is 5.69 Å². The lowest BCUT2D eigenvalue weighted by Crippen LogP contribution is -2.30. The zero-order valence-electron chi connectivity index (χ0n) is 11.5. The Labute approximate surface area is 140 Å². The largest absolute Gasteiger partial charge is 0.449 e. The molecule has 0 bridgehead atoms. The van der Waals surface area contributed by atoms with Crippen LogP contribution in [0.25, 0.3) is 0 Å². The van der Waals surface area contributed by atoms with Gasteiger partial charge in [0.15, 0.2) is 6.10 Å². The third-order valence-corrected chi connectivity index (χ3v) is 3.35. The Bertz CT molecular complexity index is 709. The molecule has 0 fully saturated rings. The number of hydrogen-bond donors (Lipinski definition) is 1. The van der Waals surface area contributed by atoms with Gasteiger partial charge in [0.1, 0.15) is 0 Å². The minimum Gasteiger partial charge on any atom is -0.449 e. The van der Waals surface area contributed by atoms with Gasteiger partial charge in [-0.1, -0.05) is 17.7 Å². The van der Waals surface area contributed by atoms with Gasteiger partial charge in [0.2, 0.25) is 0 Å². The van der Waals surface area contributed by atoms with E-state index in [4.69, 9.17) is 16.3 Å². The first-order valence-corrected chi connectivity index (χ1v) is 7.51. The highest BCUT2D eigenvalue weighted by Gasteiger charge is 2.19. The average molecular weight is 384 g/mol. The topological polar surface area (TPSA) is 68.3 Å². The molecule has 0 saturated heterocycles. The van der Waals surface area contributed by atoms with Crippen LogP contribution in [0.5, 0.6) is 0 Å². The van der Waals surface area contributed by atoms with E-state index in [2.05, 4.69) is 26.2 Å². The summed E-state index contributed by atoms with van der Waals surface area (Å²) in [6.07, 6.45) is 1.96. The molecule has 0 radical (unpaired) electrons. The van der Waals surface area contributed by atoms with Crippen molar-refractivity contribution in [2.75, 3.05) is 5.32 Å². The van der Waals surface area contributed by atoms with Crippen molar-refractivity contribution in [2.45, 2.75) is 13.0 Å². The van der Waals surface area contributed by atoms with Gasteiger partial charge in [-0.05, 0) is 47.1 Å². The number of rotatable bonds is 4. The predicted molar refractivity (Wildman–Crippen MR) is 86.9 cm³/mol. The van der Waals surface area contributed by atoms with Gasteiger partial charge in [-0.15, -0.1) is 0 Å². The zero-order chi connectivity index (χ0) is 16.1. The molecule has 1 aromatic carbocycles. The van der Waals surface area contributed by atoms with Crippen molar-refractivity contribution in [1.29, 1.82) is 0 Å². The summed E-state index contributed by atoms with van der Waals surface area (Å²) in [4.78, 5) is 27.8. The van der Waals surface area contributed by atoms with E-state index < -0.39 is 18.0 Å². The lowest BCUT2D eigenvalue weighted by atomic mass is 10.2. The molecule has 2 aromatic rings. The number of carbonyl (C=O) groups excluding carboxylic acids is 2. The van der Waals surface area contributed by atoms with Gasteiger partial charge in [-0.25, -0.2) is 4.79 Å². The number of nitrogens with one attached hydrogen (secondary N) is 1. The average Bonchev–Trinajstić information content (AvgIpc) is 2.47. The lowest BCUT2D eigenvalue weighted by Gasteiger charge is -2.13. The summed E-state index contributed by atoms with van der Waals surface area (Å²) in [7, 11) is 0. The third-order valence-electron chi connectivity index (χ3n) is 2.69. The molecule has 1 amide bonds. The van der Waals surface area contributed by atoms with Crippen molar-refractivity contribution < 1.29 is 14.3 Å². The molecule has 0 aliphatic carbocycles. The molecule has 1 N–H and O–H groups in total. The molecular formula is C15H12BrClN2O3. The number of amides is 1. The minimum atomic E-state index is -0.953. The van der Waals surface area contributed by atoms with E-state index in [1.54, 1.807) is 36.5 Å². The maximum atomic E-state index is 12.0. The molecule has 1 atom stereocenters. The Kier molecular flexibility index (Phi) is 5.51. The van der Waals surface area contributed by atoms with Crippen molar-refractivity contribution in [1.82, 2.24) is 4.98 Å². The summed E-state index contributed by atoms with van der Waals surface area (Å²) in [6, 6.07) is 8.27. The Hall–Kier alpha value is -1.92. The second-order valence-corrected chi connectivity index (χ2v) is 5.79. The molecule has 2 rings (SSSR count). The number of hydrogen-bond acceptors (Lipinski definition) is 4. The van der Waals surface area contributed by atoms with Crippen molar-refractivity contribution >= 4 is 45.1 Å². The first-order chi connectivity index (χ1) is 10.5. The molecule has 0 aliphatic heterocycles. The maximum absolute atomic E-state index is 12.0. The molecule has 1 unspecified atom stereocenters. The Balaban J connectivity index is 1.98. The summed E-state index contributed by atoms with van der Waals surface area (Å²) in [5, 5.41) is 3.13. The van der Waals surface area contributed by atoms with Gasteiger partial charge in [-0.3, -0.25) is 9.78 Å². The van der Waals surface area contributed by atoms with Crippen LogP contribution in [-0.4, -0.2) is 23.0 Å². The van der Waals surface area contributed by atoms with E-state index in [-0.39, 0.29) is 5.56 Å². The third kappa shape index (κ3) is 4.54. The van der Waals surface area contributed by atoms with Crippen LogP contribution in [0, 0.1) is 0 Å². The second kappa shape index (κ2) is 7.38. The number of halogens is 2. The number of aromatic nitrogens is 1. The van der Waals surface area contributed by atoms with Crippen molar-refractivity contribution in [3.63, 3.8) is 0 Å². The number of ether oxygens (including phenoxy) is 1. The second-order valence-electron chi connectivity index (χ2n) is 4.44. The van der Waals surface area contributed by atoms with Gasteiger partial charge in [0.25, 0.3) is 5.91 Å². The van der Waals surface area contributed by atoms with Gasteiger partial charge in [-0.2, -0.15) is 0 Å². The van der Waals surface area contributed by atoms with Crippen LogP contribution in [0.1, 0.15) is 17.3 Å². The quantitative estimate of drug-likeness (QED) is 0.818. The van der Waals surface area contributed by atoms with Crippen LogP contribution in [0.2, 0.25) is 5.02 Å². The molecule has 1 aromatic heterocycles. The van der Waals surface area contributed by atoms with Crippen LogP contribution in [0.3, 0.4) is 0 Å². The smallest absolute Gasteiger partial charge is 0.340 e. The number of benzene rings is 1. The highest BCUT2D eigenvalue weighted by atomic mass is 79.9. The monoisotopic (exact) mass is 382 g/mol. The molecule has 0 aliphatic rings. The summed E-state index contributed by atoms with van der Waals surface area (Å²) >= 11 is 9.05. The standard InChI is InChI=1S/C15H12BrClN2O3/c1-9(14(20)19-13-4-2-3-12(17)6-13)22-15(21)10-5-11(16)8-18-7-10/h2-9H,1H3,(H,19,20). The van der Waals surface area contributed by atoms with E-state index in [1.165, 1.54) is 13.1 Å². The number of nitrogens with zero attached hydrogens (tertiary/aromatic N) is 1. The fourth-order valence-electron chi connectivity index (χ4n) is 1.62. The fraction of sp³-hybridized carbons (Fsp3) is 0.133. The van der Waals surface area contributed by atoms with Crippen LogP contribution < -0.4 is 5.32 Å². The van der Waals surface area contributed by atoms with Crippen molar-refractivity contribution in [3.8, 4) is 0 Å².